The van der Waals surface area contributed by atoms with Crippen molar-refractivity contribution in [3.8, 4) is 5.75 Å². The molecule has 4 atom stereocenters. The molecule has 0 aliphatic carbocycles. The fourth-order valence-corrected chi connectivity index (χ4v) is 8.21. The zero-order valence-electron chi connectivity index (χ0n) is 26.7. The molecule has 4 heterocycles. The van der Waals surface area contributed by atoms with Crippen LogP contribution in [0.15, 0.2) is 34.3 Å². The van der Waals surface area contributed by atoms with Gasteiger partial charge in [0.2, 0.25) is 10.0 Å². The van der Waals surface area contributed by atoms with E-state index in [1.54, 1.807) is 30.4 Å². The van der Waals surface area contributed by atoms with Crippen molar-refractivity contribution in [2.45, 2.75) is 95.5 Å². The van der Waals surface area contributed by atoms with Crippen LogP contribution in [0.1, 0.15) is 77.4 Å². The number of likely N-dealkylation sites (tertiary alicyclic amines) is 2. The molecule has 11 nitrogen and oxygen atoms in total. The number of ether oxygens (including phenoxy) is 1. The number of aliphatic imine (C=N–C) groups is 2. The minimum Gasteiger partial charge on any atom is -0.508 e. The number of nitrogens with one attached hydrogen (secondary N) is 1. The number of hydrogen-bond donors (Lipinski definition) is 2. The topological polar surface area (TPSA) is 127 Å². The Morgan fingerprint density at radius 1 is 1.09 bits per heavy atom. The molecular formula is C32H50N6O5S. The zero-order valence-corrected chi connectivity index (χ0v) is 27.5. The van der Waals surface area contributed by atoms with Crippen LogP contribution in [0.25, 0.3) is 0 Å². The van der Waals surface area contributed by atoms with Crippen LogP contribution in [0.2, 0.25) is 0 Å². The van der Waals surface area contributed by atoms with Crippen LogP contribution in [0.3, 0.4) is 0 Å². The smallest absolute Gasteiger partial charge is 0.251 e. The van der Waals surface area contributed by atoms with Gasteiger partial charge in [-0.2, -0.15) is 0 Å². The van der Waals surface area contributed by atoms with Crippen LogP contribution in [0, 0.1) is 5.92 Å². The van der Waals surface area contributed by atoms with Crippen molar-refractivity contribution >= 4 is 28.1 Å². The van der Waals surface area contributed by atoms with E-state index in [2.05, 4.69) is 20.2 Å². The summed E-state index contributed by atoms with van der Waals surface area (Å²) in [5.74, 6) is 0.991. The van der Waals surface area contributed by atoms with Gasteiger partial charge in [-0.25, -0.2) is 17.7 Å². The Balaban J connectivity index is 1.10. The van der Waals surface area contributed by atoms with Crippen molar-refractivity contribution in [3.63, 3.8) is 0 Å². The Hall–Kier alpha value is -2.54. The number of aromatic hydroxyl groups is 1. The minimum atomic E-state index is -3.17. The molecule has 0 saturated carbocycles. The quantitative estimate of drug-likeness (QED) is 0.452. The monoisotopic (exact) mass is 630 g/mol. The lowest BCUT2D eigenvalue weighted by molar-refractivity contribution is -0.139. The third kappa shape index (κ3) is 7.13. The summed E-state index contributed by atoms with van der Waals surface area (Å²) in [5.41, 5.74) is 0.150. The molecule has 4 aliphatic heterocycles. The number of phenolic OH excluding ortho intramolecular Hbond substituents is 1. The Morgan fingerprint density at radius 3 is 2.43 bits per heavy atom. The molecule has 0 aromatic heterocycles. The first-order valence-electron chi connectivity index (χ1n) is 16.3. The van der Waals surface area contributed by atoms with Gasteiger partial charge in [-0.3, -0.25) is 9.79 Å². The number of benzene rings is 1. The average molecular weight is 631 g/mol. The van der Waals surface area contributed by atoms with Gasteiger partial charge in [0.25, 0.3) is 5.91 Å². The number of nitrogens with zero attached hydrogens (tertiary/aromatic N) is 5. The highest BCUT2D eigenvalue weighted by molar-refractivity contribution is 7.89. The van der Waals surface area contributed by atoms with Crippen molar-refractivity contribution in [3.05, 3.63) is 29.8 Å². The van der Waals surface area contributed by atoms with E-state index in [1.807, 2.05) is 30.9 Å². The second-order valence-electron chi connectivity index (χ2n) is 13.0. The number of carbonyl (C=O) groups excluding carboxylic acids is 1. The van der Waals surface area contributed by atoms with Gasteiger partial charge < -0.3 is 25.0 Å². The minimum absolute atomic E-state index is 0.00288. The summed E-state index contributed by atoms with van der Waals surface area (Å²) in [6, 6.07) is 7.72. The zero-order chi connectivity index (χ0) is 31.5. The maximum atomic E-state index is 13.9. The molecular weight excluding hydrogens is 580 g/mol. The maximum absolute atomic E-state index is 13.9. The second kappa shape index (κ2) is 13.8. The summed E-state index contributed by atoms with van der Waals surface area (Å²) in [6.07, 6.45) is 8.03. The van der Waals surface area contributed by atoms with Crippen LogP contribution < -0.4 is 5.32 Å². The summed E-state index contributed by atoms with van der Waals surface area (Å²) in [6.45, 7) is 9.41. The maximum Gasteiger partial charge on any atom is 0.251 e. The lowest BCUT2D eigenvalue weighted by Crippen LogP contribution is -2.58. The van der Waals surface area contributed by atoms with Gasteiger partial charge in [-0.15, -0.1) is 0 Å². The SMILES string of the molecule is CCS(=O)(=O)N(C)C1CCN(C2CCN(C(=O)C3(C)N=CN=C(NC[C@H]4CCC[C@@H](c5ccc(O)cc5)O4)C3C)CC2)CC1. The molecule has 1 amide bonds. The predicted molar refractivity (Wildman–Crippen MR) is 172 cm³/mol. The number of hydrogen-bond acceptors (Lipinski definition) is 9. The Labute approximate surface area is 262 Å². The van der Waals surface area contributed by atoms with Gasteiger partial charge in [0, 0.05) is 44.7 Å². The van der Waals surface area contributed by atoms with E-state index in [1.165, 1.54) is 6.34 Å². The first-order chi connectivity index (χ1) is 21.0. The molecule has 0 bridgehead atoms. The van der Waals surface area contributed by atoms with Crippen LogP contribution in [0.4, 0.5) is 0 Å². The number of sulfonamides is 1. The van der Waals surface area contributed by atoms with Crippen molar-refractivity contribution < 1.29 is 23.1 Å². The lowest BCUT2D eigenvalue weighted by atomic mass is 9.83. The predicted octanol–water partition coefficient (Wildman–Crippen LogP) is 3.16. The van der Waals surface area contributed by atoms with Gasteiger partial charge in [0.05, 0.1) is 18.0 Å². The number of phenols is 1. The second-order valence-corrected chi connectivity index (χ2v) is 15.3. The van der Waals surface area contributed by atoms with E-state index in [4.69, 9.17) is 4.74 Å². The van der Waals surface area contributed by atoms with Crippen molar-refractivity contribution in [1.82, 2.24) is 19.4 Å². The van der Waals surface area contributed by atoms with Gasteiger partial charge >= 0.3 is 0 Å². The summed E-state index contributed by atoms with van der Waals surface area (Å²) >= 11 is 0. The molecule has 2 N–H and O–H groups in total. The van der Waals surface area contributed by atoms with Gasteiger partial charge in [0.15, 0.2) is 0 Å². The third-order valence-electron chi connectivity index (χ3n) is 10.4. The number of rotatable bonds is 8. The van der Waals surface area contributed by atoms with Gasteiger partial charge in [-0.1, -0.05) is 19.1 Å². The molecule has 0 spiro atoms. The molecule has 4 aliphatic rings. The average Bonchev–Trinajstić information content (AvgIpc) is 3.05. The number of carbonyl (C=O) groups is 1. The Morgan fingerprint density at radius 2 is 1.77 bits per heavy atom. The fraction of sp³-hybridized carbons (Fsp3) is 0.719. The first kappa shape index (κ1) is 32.8. The first-order valence-corrected chi connectivity index (χ1v) is 17.9. The summed E-state index contributed by atoms with van der Waals surface area (Å²) in [7, 11) is -1.46. The number of piperidine rings is 2. The number of amides is 1. The molecule has 1 aromatic rings. The molecule has 2 unspecified atom stereocenters. The molecule has 12 heteroatoms. The highest BCUT2D eigenvalue weighted by atomic mass is 32.2. The molecule has 244 valence electrons. The van der Waals surface area contributed by atoms with Gasteiger partial charge in [-0.05, 0) is 89.6 Å². The van der Waals surface area contributed by atoms with E-state index >= 15 is 0 Å². The van der Waals surface area contributed by atoms with Gasteiger partial charge in [0.1, 0.15) is 23.5 Å². The van der Waals surface area contributed by atoms with Crippen molar-refractivity contribution in [2.24, 2.45) is 15.9 Å². The summed E-state index contributed by atoms with van der Waals surface area (Å²) in [4.78, 5) is 27.5. The third-order valence-corrected chi connectivity index (χ3v) is 12.3. The molecule has 1 aromatic carbocycles. The highest BCUT2D eigenvalue weighted by Gasteiger charge is 2.46. The molecule has 5 rings (SSSR count). The van der Waals surface area contributed by atoms with E-state index in [0.717, 1.165) is 69.4 Å². The Bertz CT molecular complexity index is 1300. The van der Waals surface area contributed by atoms with Crippen LogP contribution in [-0.2, 0) is 19.6 Å². The van der Waals surface area contributed by atoms with E-state index in [9.17, 15) is 18.3 Å². The molecule has 44 heavy (non-hydrogen) atoms. The van der Waals surface area contributed by atoms with Crippen molar-refractivity contribution in [2.75, 3.05) is 45.5 Å². The van der Waals surface area contributed by atoms with Crippen LogP contribution in [-0.4, -0.2) is 115 Å². The highest BCUT2D eigenvalue weighted by Crippen LogP contribution is 2.33. The summed E-state index contributed by atoms with van der Waals surface area (Å²) in [5, 5.41) is 13.1. The molecule has 0 radical (unpaired) electrons. The largest absolute Gasteiger partial charge is 0.508 e. The molecule has 3 fully saturated rings. The van der Waals surface area contributed by atoms with Crippen LogP contribution >= 0.6 is 0 Å². The standard InChI is InChI=1S/C32H50N6O5S/c1-5-44(41,42)36(4)25-13-17-37(18-14-25)26-15-19-38(20-16-26)31(40)32(3)23(2)30(34-22-35-32)33-21-28-7-6-8-29(43-28)24-9-11-27(39)12-10-24/h9-12,22-23,25-26,28-29,39H,5-8,13-21H2,1-4H3,(H,33,34,35)/t23?,28-,29+,32?/m1/s1. The summed E-state index contributed by atoms with van der Waals surface area (Å²) < 4.78 is 32.6. The van der Waals surface area contributed by atoms with E-state index in [0.29, 0.717) is 25.7 Å². The lowest BCUT2D eigenvalue weighted by Gasteiger charge is -2.45. The normalized spacial score (nSPS) is 29.5. The fourth-order valence-electron chi connectivity index (χ4n) is 7.14. The Kier molecular flexibility index (Phi) is 10.3. The van der Waals surface area contributed by atoms with Crippen molar-refractivity contribution in [1.29, 1.82) is 0 Å². The van der Waals surface area contributed by atoms with E-state index in [-0.39, 0.29) is 41.6 Å². The number of amidine groups is 1. The molecule has 3 saturated heterocycles. The van der Waals surface area contributed by atoms with E-state index < -0.39 is 15.6 Å². The van der Waals surface area contributed by atoms with Crippen LogP contribution in [0.5, 0.6) is 5.75 Å².